The lowest BCUT2D eigenvalue weighted by atomic mass is 9.52. The van der Waals surface area contributed by atoms with E-state index in [1.807, 2.05) is 6.07 Å². The quantitative estimate of drug-likeness (QED) is 0.753. The van der Waals surface area contributed by atoms with Crippen LogP contribution in [-0.2, 0) is 19.7 Å². The molecule has 1 amide bonds. The number of hydrogen-bond donors (Lipinski definition) is 0. The molecule has 3 heterocycles. The molecule has 5 rings (SSSR count). The van der Waals surface area contributed by atoms with Gasteiger partial charge in [-0.15, -0.1) is 0 Å². The van der Waals surface area contributed by atoms with Crippen molar-refractivity contribution in [1.82, 2.24) is 4.90 Å². The number of hydrogen-bond acceptors (Lipinski definition) is 4. The van der Waals surface area contributed by atoms with Crippen LogP contribution in [0.25, 0.3) is 0 Å². The number of carbonyl (C=O) groups is 2. The number of nitrogens with zero attached hydrogens (tertiary/aromatic N) is 2. The summed E-state index contributed by atoms with van der Waals surface area (Å²) in [5.41, 5.74) is 2.34. The molecule has 0 radical (unpaired) electrons. The smallest absolute Gasteiger partial charge is 0.306 e. The largest absolute Gasteiger partial charge is 0.469 e. The lowest BCUT2D eigenvalue weighted by molar-refractivity contribution is -0.148. The molecule has 5 heteroatoms. The minimum absolute atomic E-state index is 0.0295. The topological polar surface area (TPSA) is 49.9 Å². The van der Waals surface area contributed by atoms with Gasteiger partial charge in [0.2, 0.25) is 5.91 Å². The number of carbonyl (C=O) groups excluding carboxylic acids is 2. The standard InChI is InChI=1S/C22H28N2O3/c1-15(25)24-17-7-4-3-6-16(17)22-11-13-23-12-5-9-21(20(22)23,10-8-18(22)24)14-19(26)27-2/h3-4,6-7,18,20H,5,8-14H2,1-2H3/t18-,20-,21-,22-/m1/s1. The number of fused-ring (bicyclic) bond motifs is 1. The third-order valence-corrected chi connectivity index (χ3v) is 7.92. The van der Waals surface area contributed by atoms with E-state index >= 15 is 0 Å². The van der Waals surface area contributed by atoms with Crippen molar-refractivity contribution in [2.75, 3.05) is 25.1 Å². The predicted octanol–water partition coefficient (Wildman–Crippen LogP) is 2.87. The Hall–Kier alpha value is -1.88. The number of anilines is 1. The third-order valence-electron chi connectivity index (χ3n) is 7.92. The molecule has 0 N–H and O–H groups in total. The lowest BCUT2D eigenvalue weighted by Gasteiger charge is -2.58. The number of esters is 1. The maximum absolute atomic E-state index is 12.6. The second-order valence-corrected chi connectivity index (χ2v) is 8.91. The molecule has 0 aromatic heterocycles. The first-order chi connectivity index (χ1) is 13.0. The van der Waals surface area contributed by atoms with Gasteiger partial charge in [0.05, 0.1) is 13.5 Å². The summed E-state index contributed by atoms with van der Waals surface area (Å²) in [4.78, 5) is 29.7. The van der Waals surface area contributed by atoms with Crippen molar-refractivity contribution in [2.45, 2.75) is 62.9 Å². The van der Waals surface area contributed by atoms with E-state index in [4.69, 9.17) is 4.74 Å². The van der Waals surface area contributed by atoms with Crippen LogP contribution in [0.5, 0.6) is 0 Å². The van der Waals surface area contributed by atoms with Crippen molar-refractivity contribution in [3.8, 4) is 0 Å². The predicted molar refractivity (Wildman–Crippen MR) is 103 cm³/mol. The minimum Gasteiger partial charge on any atom is -0.469 e. The van der Waals surface area contributed by atoms with Gasteiger partial charge in [-0.25, -0.2) is 0 Å². The SMILES string of the molecule is COC(=O)C[C@@]12CCCN3CC[C@]4(c5ccccc5N(C(C)=O)[C@@H]4CC1)[C@H]32. The van der Waals surface area contributed by atoms with Gasteiger partial charge in [0.15, 0.2) is 0 Å². The summed E-state index contributed by atoms with van der Waals surface area (Å²) in [6, 6.07) is 9.02. The van der Waals surface area contributed by atoms with Gasteiger partial charge in [-0.1, -0.05) is 18.2 Å². The molecule has 0 bridgehead atoms. The van der Waals surface area contributed by atoms with Crippen LogP contribution in [0, 0.1) is 5.41 Å². The number of ether oxygens (including phenoxy) is 1. The molecule has 4 aliphatic rings. The number of amides is 1. The van der Waals surface area contributed by atoms with E-state index in [0.717, 1.165) is 50.9 Å². The molecule has 1 aromatic carbocycles. The summed E-state index contributed by atoms with van der Waals surface area (Å²) in [5.74, 6) is 0.0473. The summed E-state index contributed by atoms with van der Waals surface area (Å²) in [6.45, 7) is 3.86. The van der Waals surface area contributed by atoms with Crippen LogP contribution in [0.1, 0.15) is 51.0 Å². The zero-order valence-electron chi connectivity index (χ0n) is 16.2. The molecular weight excluding hydrogens is 340 g/mol. The van der Waals surface area contributed by atoms with E-state index < -0.39 is 0 Å². The van der Waals surface area contributed by atoms with Crippen LogP contribution in [0.3, 0.4) is 0 Å². The fraction of sp³-hybridized carbons (Fsp3) is 0.636. The monoisotopic (exact) mass is 368 g/mol. The fourth-order valence-electron chi connectivity index (χ4n) is 7.25. The van der Waals surface area contributed by atoms with E-state index in [1.54, 1.807) is 6.92 Å². The van der Waals surface area contributed by atoms with E-state index in [2.05, 4.69) is 28.0 Å². The third kappa shape index (κ3) is 2.09. The van der Waals surface area contributed by atoms with Gasteiger partial charge in [-0.2, -0.15) is 0 Å². The zero-order chi connectivity index (χ0) is 18.8. The Bertz CT molecular complexity index is 809. The van der Waals surface area contributed by atoms with Gasteiger partial charge < -0.3 is 9.64 Å². The molecule has 144 valence electrons. The first-order valence-electron chi connectivity index (χ1n) is 10.2. The van der Waals surface area contributed by atoms with Gasteiger partial charge in [0.1, 0.15) is 0 Å². The summed E-state index contributed by atoms with van der Waals surface area (Å²) >= 11 is 0. The molecule has 1 aromatic rings. The first kappa shape index (κ1) is 17.2. The molecular formula is C22H28N2O3. The highest BCUT2D eigenvalue weighted by Crippen LogP contribution is 2.65. The van der Waals surface area contributed by atoms with Crippen molar-refractivity contribution in [3.63, 3.8) is 0 Å². The van der Waals surface area contributed by atoms with Crippen molar-refractivity contribution in [2.24, 2.45) is 5.41 Å². The van der Waals surface area contributed by atoms with Gasteiger partial charge in [0.25, 0.3) is 0 Å². The Balaban J connectivity index is 1.69. The number of methoxy groups -OCH3 is 1. The zero-order valence-corrected chi connectivity index (χ0v) is 16.2. The van der Waals surface area contributed by atoms with Crippen LogP contribution in [0.15, 0.2) is 24.3 Å². The van der Waals surface area contributed by atoms with E-state index in [-0.39, 0.29) is 28.7 Å². The average molecular weight is 368 g/mol. The van der Waals surface area contributed by atoms with E-state index in [9.17, 15) is 9.59 Å². The molecule has 1 spiro atoms. The highest BCUT2D eigenvalue weighted by Gasteiger charge is 2.68. The molecule has 5 nitrogen and oxygen atoms in total. The van der Waals surface area contributed by atoms with Gasteiger partial charge in [0, 0.05) is 30.1 Å². The van der Waals surface area contributed by atoms with Crippen molar-refractivity contribution < 1.29 is 14.3 Å². The Morgan fingerprint density at radius 2 is 2.00 bits per heavy atom. The number of rotatable bonds is 2. The Morgan fingerprint density at radius 1 is 1.19 bits per heavy atom. The molecule has 27 heavy (non-hydrogen) atoms. The average Bonchev–Trinajstić information content (AvgIpc) is 3.20. The summed E-state index contributed by atoms with van der Waals surface area (Å²) < 4.78 is 5.10. The Kier molecular flexibility index (Phi) is 3.71. The van der Waals surface area contributed by atoms with Crippen molar-refractivity contribution in [1.29, 1.82) is 0 Å². The van der Waals surface area contributed by atoms with Crippen LogP contribution in [-0.4, -0.2) is 49.1 Å². The molecule has 3 aliphatic heterocycles. The maximum Gasteiger partial charge on any atom is 0.306 e. The van der Waals surface area contributed by atoms with Crippen molar-refractivity contribution in [3.05, 3.63) is 29.8 Å². The van der Waals surface area contributed by atoms with Crippen molar-refractivity contribution >= 4 is 17.6 Å². The van der Waals surface area contributed by atoms with Crippen LogP contribution in [0.4, 0.5) is 5.69 Å². The summed E-state index contributed by atoms with van der Waals surface area (Å²) in [5, 5.41) is 0. The molecule has 2 saturated heterocycles. The fourth-order valence-corrected chi connectivity index (χ4v) is 7.25. The molecule has 3 fully saturated rings. The number of benzene rings is 1. The number of piperidine rings is 1. The molecule has 0 unspecified atom stereocenters. The number of para-hydroxylation sites is 1. The normalized spacial score (nSPS) is 36.7. The van der Waals surface area contributed by atoms with Crippen LogP contribution < -0.4 is 4.90 Å². The van der Waals surface area contributed by atoms with Crippen LogP contribution in [0.2, 0.25) is 0 Å². The Labute approximate surface area is 160 Å². The van der Waals surface area contributed by atoms with Gasteiger partial charge in [-0.05, 0) is 62.2 Å². The molecule has 1 aliphatic carbocycles. The van der Waals surface area contributed by atoms with E-state index in [0.29, 0.717) is 12.5 Å². The first-order valence-corrected chi connectivity index (χ1v) is 10.2. The minimum atomic E-state index is -0.0907. The van der Waals surface area contributed by atoms with Gasteiger partial charge >= 0.3 is 5.97 Å². The molecule has 1 saturated carbocycles. The summed E-state index contributed by atoms with van der Waals surface area (Å²) in [7, 11) is 1.50. The Morgan fingerprint density at radius 3 is 2.78 bits per heavy atom. The highest BCUT2D eigenvalue weighted by molar-refractivity contribution is 5.96. The lowest BCUT2D eigenvalue weighted by Crippen LogP contribution is -2.65. The highest BCUT2D eigenvalue weighted by atomic mass is 16.5. The second kappa shape index (κ2) is 5.81. The molecule has 4 atom stereocenters. The van der Waals surface area contributed by atoms with Gasteiger partial charge in [-0.3, -0.25) is 14.5 Å². The second-order valence-electron chi connectivity index (χ2n) is 8.91. The van der Waals surface area contributed by atoms with E-state index in [1.165, 1.54) is 12.7 Å². The summed E-state index contributed by atoms with van der Waals surface area (Å²) in [6.07, 6.45) is 5.77. The van der Waals surface area contributed by atoms with Crippen LogP contribution >= 0.6 is 0 Å². The maximum atomic E-state index is 12.6.